The first kappa shape index (κ1) is 24.0. The second-order valence-corrected chi connectivity index (χ2v) is 8.20. The molecule has 0 saturated heterocycles. The number of benzene rings is 3. The van der Waals surface area contributed by atoms with Crippen molar-refractivity contribution < 1.29 is 23.5 Å². The van der Waals surface area contributed by atoms with Crippen LogP contribution in [0, 0.1) is 12.7 Å². The quantitative estimate of drug-likeness (QED) is 0.362. The molecule has 33 heavy (non-hydrogen) atoms. The van der Waals surface area contributed by atoms with Crippen molar-refractivity contribution in [2.24, 2.45) is 0 Å². The monoisotopic (exact) mass is 466 g/mol. The Kier molecular flexibility index (Phi) is 8.60. The van der Waals surface area contributed by atoms with Gasteiger partial charge in [-0.3, -0.25) is 9.59 Å². The molecular formula is C25H23FN2O4S. The van der Waals surface area contributed by atoms with E-state index in [-0.39, 0.29) is 17.2 Å². The number of carbonyl (C=O) groups is 3. The van der Waals surface area contributed by atoms with Crippen molar-refractivity contribution in [3.63, 3.8) is 0 Å². The topological polar surface area (TPSA) is 84.5 Å². The Morgan fingerprint density at radius 1 is 0.909 bits per heavy atom. The van der Waals surface area contributed by atoms with E-state index in [4.69, 9.17) is 4.74 Å². The molecule has 0 bridgehead atoms. The minimum Gasteiger partial charge on any atom is -0.452 e. The van der Waals surface area contributed by atoms with Crippen molar-refractivity contribution >= 4 is 35.2 Å². The largest absolute Gasteiger partial charge is 0.452 e. The van der Waals surface area contributed by atoms with Crippen molar-refractivity contribution in [2.75, 3.05) is 17.7 Å². The van der Waals surface area contributed by atoms with E-state index in [0.29, 0.717) is 17.1 Å². The summed E-state index contributed by atoms with van der Waals surface area (Å²) in [6.45, 7) is 1.91. The highest BCUT2D eigenvalue weighted by Crippen LogP contribution is 2.23. The summed E-state index contributed by atoms with van der Waals surface area (Å²) in [6, 6.07) is 19.9. The molecular weight excluding hydrogens is 443 g/mol. The van der Waals surface area contributed by atoms with Gasteiger partial charge < -0.3 is 15.4 Å². The van der Waals surface area contributed by atoms with Crippen molar-refractivity contribution in [3.05, 3.63) is 95.3 Å². The van der Waals surface area contributed by atoms with E-state index >= 15 is 0 Å². The van der Waals surface area contributed by atoms with E-state index < -0.39 is 24.3 Å². The van der Waals surface area contributed by atoms with Crippen LogP contribution < -0.4 is 10.6 Å². The van der Waals surface area contributed by atoms with Crippen molar-refractivity contribution in [1.82, 2.24) is 5.32 Å². The summed E-state index contributed by atoms with van der Waals surface area (Å²) < 4.78 is 18.1. The Bertz CT molecular complexity index is 1120. The summed E-state index contributed by atoms with van der Waals surface area (Å²) in [5.41, 5.74) is 2.82. The number of anilines is 1. The Balaban J connectivity index is 1.48. The summed E-state index contributed by atoms with van der Waals surface area (Å²) in [7, 11) is 0. The van der Waals surface area contributed by atoms with Crippen molar-refractivity contribution in [2.45, 2.75) is 18.4 Å². The van der Waals surface area contributed by atoms with Crippen LogP contribution in [-0.2, 0) is 20.9 Å². The lowest BCUT2D eigenvalue weighted by atomic mass is 10.1. The van der Waals surface area contributed by atoms with Crippen LogP contribution >= 0.6 is 11.8 Å². The van der Waals surface area contributed by atoms with Gasteiger partial charge in [0.15, 0.2) is 6.61 Å². The highest BCUT2D eigenvalue weighted by atomic mass is 32.2. The molecule has 0 atom stereocenters. The van der Waals surface area contributed by atoms with Gasteiger partial charge in [0, 0.05) is 17.1 Å². The van der Waals surface area contributed by atoms with Crippen molar-refractivity contribution in [1.29, 1.82) is 0 Å². The summed E-state index contributed by atoms with van der Waals surface area (Å²) in [6.07, 6.45) is 0. The third kappa shape index (κ3) is 7.76. The van der Waals surface area contributed by atoms with E-state index in [2.05, 4.69) is 10.6 Å². The number of hydrogen-bond acceptors (Lipinski definition) is 5. The van der Waals surface area contributed by atoms with Crippen LogP contribution in [0.5, 0.6) is 0 Å². The van der Waals surface area contributed by atoms with Gasteiger partial charge in [-0.1, -0.05) is 42.0 Å². The molecule has 3 rings (SSSR count). The van der Waals surface area contributed by atoms with Crippen molar-refractivity contribution in [3.8, 4) is 0 Å². The zero-order chi connectivity index (χ0) is 23.6. The van der Waals surface area contributed by atoms with Crippen LogP contribution in [0.2, 0.25) is 0 Å². The molecule has 0 aliphatic rings. The maximum absolute atomic E-state index is 13.0. The molecule has 2 N–H and O–H groups in total. The van der Waals surface area contributed by atoms with E-state index in [1.165, 1.54) is 24.3 Å². The number of halogens is 1. The molecule has 0 saturated carbocycles. The molecule has 6 nitrogen and oxygen atoms in total. The van der Waals surface area contributed by atoms with Crippen LogP contribution in [-0.4, -0.2) is 30.1 Å². The van der Waals surface area contributed by atoms with Gasteiger partial charge in [0.05, 0.1) is 11.3 Å². The molecule has 8 heteroatoms. The van der Waals surface area contributed by atoms with Crippen LogP contribution in [0.3, 0.4) is 0 Å². The second kappa shape index (κ2) is 11.8. The van der Waals surface area contributed by atoms with Gasteiger partial charge in [-0.15, -0.1) is 11.8 Å². The van der Waals surface area contributed by atoms with E-state index in [9.17, 15) is 18.8 Å². The van der Waals surface area contributed by atoms with Crippen LogP contribution in [0.4, 0.5) is 10.1 Å². The molecule has 2 amide bonds. The SMILES string of the molecule is Cc1ccc(CNC(=O)COC(=O)c2ccccc2SCC(=O)Nc2ccc(F)cc2)cc1. The molecule has 0 aliphatic heterocycles. The van der Waals surface area contributed by atoms with E-state index in [1.54, 1.807) is 24.3 Å². The van der Waals surface area contributed by atoms with Gasteiger partial charge in [0.1, 0.15) is 5.82 Å². The highest BCUT2D eigenvalue weighted by molar-refractivity contribution is 8.00. The lowest BCUT2D eigenvalue weighted by molar-refractivity contribution is -0.124. The first-order chi connectivity index (χ1) is 15.9. The normalized spacial score (nSPS) is 10.4. The minimum absolute atomic E-state index is 0.0404. The Morgan fingerprint density at radius 2 is 1.61 bits per heavy atom. The number of hydrogen-bond donors (Lipinski definition) is 2. The molecule has 0 fully saturated rings. The number of carbonyl (C=O) groups excluding carboxylic acids is 3. The fourth-order valence-corrected chi connectivity index (χ4v) is 3.64. The van der Waals surface area contributed by atoms with E-state index in [0.717, 1.165) is 22.9 Å². The molecule has 0 unspecified atom stereocenters. The van der Waals surface area contributed by atoms with E-state index in [1.807, 2.05) is 31.2 Å². The smallest absolute Gasteiger partial charge is 0.339 e. The lowest BCUT2D eigenvalue weighted by Gasteiger charge is -2.10. The standard InChI is InChI=1S/C25H23FN2O4S/c1-17-6-8-18(9-7-17)14-27-23(29)15-32-25(31)21-4-2-3-5-22(21)33-16-24(30)28-20-12-10-19(26)11-13-20/h2-13H,14-16H2,1H3,(H,27,29)(H,28,30). The number of amides is 2. The number of esters is 1. The maximum atomic E-state index is 13.0. The number of aryl methyl sites for hydroxylation is 1. The summed E-state index contributed by atoms with van der Waals surface area (Å²) in [5, 5.41) is 5.37. The fraction of sp³-hybridized carbons (Fsp3) is 0.160. The first-order valence-corrected chi connectivity index (χ1v) is 11.2. The highest BCUT2D eigenvalue weighted by Gasteiger charge is 2.15. The summed E-state index contributed by atoms with van der Waals surface area (Å²) in [5.74, 6) is -1.71. The predicted octanol–water partition coefficient (Wildman–Crippen LogP) is 4.34. The molecule has 3 aromatic carbocycles. The van der Waals surface area contributed by atoms with Crippen LogP contribution in [0.25, 0.3) is 0 Å². The predicted molar refractivity (Wildman–Crippen MR) is 126 cm³/mol. The third-order valence-electron chi connectivity index (χ3n) is 4.54. The molecule has 170 valence electrons. The van der Waals surface area contributed by atoms with Gasteiger partial charge in [0.2, 0.25) is 5.91 Å². The number of ether oxygens (including phenoxy) is 1. The Hall–Kier alpha value is -3.65. The summed E-state index contributed by atoms with van der Waals surface area (Å²) in [4.78, 5) is 37.3. The first-order valence-electron chi connectivity index (χ1n) is 10.2. The van der Waals surface area contributed by atoms with Gasteiger partial charge in [-0.25, -0.2) is 9.18 Å². The van der Waals surface area contributed by atoms with Gasteiger partial charge >= 0.3 is 5.97 Å². The molecule has 0 heterocycles. The minimum atomic E-state index is -0.650. The molecule has 0 spiro atoms. The maximum Gasteiger partial charge on any atom is 0.339 e. The number of thioether (sulfide) groups is 1. The molecule has 0 aromatic heterocycles. The zero-order valence-corrected chi connectivity index (χ0v) is 18.8. The average molecular weight is 467 g/mol. The Labute approximate surface area is 195 Å². The average Bonchev–Trinajstić information content (AvgIpc) is 2.82. The van der Waals surface area contributed by atoms with Gasteiger partial charge in [-0.2, -0.15) is 0 Å². The van der Waals surface area contributed by atoms with Crippen LogP contribution in [0.15, 0.2) is 77.7 Å². The van der Waals surface area contributed by atoms with Gasteiger partial charge in [0.25, 0.3) is 5.91 Å². The van der Waals surface area contributed by atoms with Gasteiger partial charge in [-0.05, 0) is 48.9 Å². The van der Waals surface area contributed by atoms with Crippen LogP contribution in [0.1, 0.15) is 21.5 Å². The second-order valence-electron chi connectivity index (χ2n) is 7.18. The number of nitrogens with one attached hydrogen (secondary N) is 2. The summed E-state index contributed by atoms with van der Waals surface area (Å²) >= 11 is 1.16. The molecule has 0 radical (unpaired) electrons. The zero-order valence-electron chi connectivity index (χ0n) is 18.0. The lowest BCUT2D eigenvalue weighted by Crippen LogP contribution is -2.28. The molecule has 0 aliphatic carbocycles. The Morgan fingerprint density at radius 3 is 2.33 bits per heavy atom. The fourth-order valence-electron chi connectivity index (χ4n) is 2.80. The molecule has 3 aromatic rings. The third-order valence-corrected chi connectivity index (χ3v) is 5.61. The number of rotatable bonds is 9.